The number of rotatable bonds is 7. The molecule has 0 unspecified atom stereocenters. The summed E-state index contributed by atoms with van der Waals surface area (Å²) in [7, 11) is 1.85. The van der Waals surface area contributed by atoms with Gasteiger partial charge in [-0.05, 0) is 32.9 Å². The molecule has 0 aliphatic carbocycles. The highest BCUT2D eigenvalue weighted by atomic mass is 35.5. The van der Waals surface area contributed by atoms with E-state index in [1.807, 2.05) is 25.8 Å². The molecule has 2 N–H and O–H groups in total. The molecule has 0 heterocycles. The summed E-state index contributed by atoms with van der Waals surface area (Å²) in [6.45, 7) is 7.14. The fourth-order valence-electron chi connectivity index (χ4n) is 1.91. The predicted molar refractivity (Wildman–Crippen MR) is 86.2 cm³/mol. The van der Waals surface area contributed by atoms with E-state index < -0.39 is 5.97 Å². The molecule has 1 aromatic rings. The van der Waals surface area contributed by atoms with Crippen LogP contribution in [-0.4, -0.2) is 38.9 Å². The van der Waals surface area contributed by atoms with Gasteiger partial charge in [0.1, 0.15) is 0 Å². The summed E-state index contributed by atoms with van der Waals surface area (Å²) < 4.78 is 10.6. The standard InChI is InChI=1S/C15H23ClN2O3/c1-5-20-15(19)12-8-11(17)9-13(16)14(12)18(4)6-7-21-10(2)3/h8-10H,5-7,17H2,1-4H3. The van der Waals surface area contributed by atoms with Gasteiger partial charge in [0.25, 0.3) is 0 Å². The molecule has 0 atom stereocenters. The predicted octanol–water partition coefficient (Wildman–Crippen LogP) is 2.96. The van der Waals surface area contributed by atoms with E-state index >= 15 is 0 Å². The number of nitrogens with zero attached hydrogens (tertiary/aromatic N) is 1. The SMILES string of the molecule is CCOC(=O)c1cc(N)cc(Cl)c1N(C)CCOC(C)C. The topological polar surface area (TPSA) is 64.8 Å². The summed E-state index contributed by atoms with van der Waals surface area (Å²) in [5, 5.41) is 0.421. The van der Waals surface area contributed by atoms with Crippen LogP contribution >= 0.6 is 11.6 Å². The van der Waals surface area contributed by atoms with Gasteiger partial charge >= 0.3 is 5.97 Å². The normalized spacial score (nSPS) is 10.8. The third-order valence-electron chi connectivity index (χ3n) is 2.84. The van der Waals surface area contributed by atoms with Crippen molar-refractivity contribution in [3.63, 3.8) is 0 Å². The molecule has 21 heavy (non-hydrogen) atoms. The van der Waals surface area contributed by atoms with E-state index in [1.165, 1.54) is 0 Å². The van der Waals surface area contributed by atoms with Crippen molar-refractivity contribution in [2.75, 3.05) is 37.4 Å². The lowest BCUT2D eigenvalue weighted by Gasteiger charge is -2.24. The van der Waals surface area contributed by atoms with Crippen LogP contribution in [0.4, 0.5) is 11.4 Å². The van der Waals surface area contributed by atoms with Crippen molar-refractivity contribution >= 4 is 28.9 Å². The Balaban J connectivity index is 3.00. The smallest absolute Gasteiger partial charge is 0.340 e. The highest BCUT2D eigenvalue weighted by molar-refractivity contribution is 6.34. The molecule has 118 valence electrons. The van der Waals surface area contributed by atoms with E-state index in [9.17, 15) is 4.79 Å². The molecule has 0 saturated carbocycles. The molecule has 0 radical (unpaired) electrons. The molecule has 0 aliphatic heterocycles. The number of carbonyl (C=O) groups excluding carboxylic acids is 1. The van der Waals surface area contributed by atoms with E-state index in [-0.39, 0.29) is 6.10 Å². The molecule has 1 aromatic carbocycles. The maximum absolute atomic E-state index is 12.1. The number of halogens is 1. The van der Waals surface area contributed by atoms with Crippen molar-refractivity contribution in [1.82, 2.24) is 0 Å². The van der Waals surface area contributed by atoms with Crippen LogP contribution in [0.3, 0.4) is 0 Å². The number of likely N-dealkylation sites (N-methyl/N-ethyl adjacent to an activating group) is 1. The average Bonchev–Trinajstić information content (AvgIpc) is 2.37. The maximum Gasteiger partial charge on any atom is 0.340 e. The van der Waals surface area contributed by atoms with E-state index in [0.717, 1.165) is 0 Å². The van der Waals surface area contributed by atoms with E-state index in [2.05, 4.69) is 0 Å². The lowest BCUT2D eigenvalue weighted by molar-refractivity contribution is 0.0526. The van der Waals surface area contributed by atoms with Crippen LogP contribution in [0.25, 0.3) is 0 Å². The number of carbonyl (C=O) groups is 1. The Morgan fingerprint density at radius 3 is 2.67 bits per heavy atom. The number of esters is 1. The number of hydrogen-bond donors (Lipinski definition) is 1. The zero-order valence-corrected chi connectivity index (χ0v) is 13.7. The van der Waals surface area contributed by atoms with E-state index in [0.29, 0.717) is 41.7 Å². The quantitative estimate of drug-likeness (QED) is 0.619. The van der Waals surface area contributed by atoms with Gasteiger partial charge in [-0.25, -0.2) is 4.79 Å². The number of ether oxygens (including phenoxy) is 2. The van der Waals surface area contributed by atoms with Gasteiger partial charge in [-0.2, -0.15) is 0 Å². The number of nitrogens with two attached hydrogens (primary N) is 1. The van der Waals surface area contributed by atoms with Crippen LogP contribution in [0.1, 0.15) is 31.1 Å². The van der Waals surface area contributed by atoms with Crippen molar-refractivity contribution in [3.05, 3.63) is 22.7 Å². The summed E-state index contributed by atoms with van der Waals surface area (Å²) in [5.74, 6) is -0.432. The molecule has 1 rings (SSSR count). The fraction of sp³-hybridized carbons (Fsp3) is 0.533. The van der Waals surface area contributed by atoms with Crippen LogP contribution < -0.4 is 10.6 Å². The lowest BCUT2D eigenvalue weighted by atomic mass is 10.1. The molecule has 0 saturated heterocycles. The Bertz CT molecular complexity index is 492. The lowest BCUT2D eigenvalue weighted by Crippen LogP contribution is -2.26. The van der Waals surface area contributed by atoms with Crippen molar-refractivity contribution in [2.24, 2.45) is 0 Å². The van der Waals surface area contributed by atoms with E-state index in [1.54, 1.807) is 19.1 Å². The van der Waals surface area contributed by atoms with Crippen LogP contribution in [-0.2, 0) is 9.47 Å². The molecule has 0 aliphatic rings. The number of anilines is 2. The summed E-state index contributed by atoms with van der Waals surface area (Å²) in [6, 6.07) is 3.21. The molecule has 5 nitrogen and oxygen atoms in total. The van der Waals surface area contributed by atoms with Gasteiger partial charge in [0.05, 0.1) is 35.6 Å². The van der Waals surface area contributed by atoms with Crippen molar-refractivity contribution in [2.45, 2.75) is 26.9 Å². The zero-order chi connectivity index (χ0) is 16.0. The first-order valence-corrected chi connectivity index (χ1v) is 7.33. The zero-order valence-electron chi connectivity index (χ0n) is 13.0. The Morgan fingerprint density at radius 2 is 2.10 bits per heavy atom. The summed E-state index contributed by atoms with van der Waals surface area (Å²) in [6.07, 6.45) is 0.157. The fourth-order valence-corrected chi connectivity index (χ4v) is 2.28. The molecule has 0 amide bonds. The number of benzene rings is 1. The minimum atomic E-state index is -0.432. The van der Waals surface area contributed by atoms with Crippen LogP contribution in [0, 0.1) is 0 Å². The van der Waals surface area contributed by atoms with Gasteiger partial charge in [0, 0.05) is 19.3 Å². The van der Waals surface area contributed by atoms with E-state index in [4.69, 9.17) is 26.8 Å². The Morgan fingerprint density at radius 1 is 1.43 bits per heavy atom. The first-order valence-electron chi connectivity index (χ1n) is 6.95. The molecular weight excluding hydrogens is 292 g/mol. The minimum absolute atomic E-state index is 0.157. The molecule has 0 spiro atoms. The van der Waals surface area contributed by atoms with Crippen LogP contribution in [0.15, 0.2) is 12.1 Å². The largest absolute Gasteiger partial charge is 0.462 e. The van der Waals surface area contributed by atoms with Gasteiger partial charge in [0.2, 0.25) is 0 Å². The first-order chi connectivity index (χ1) is 9.86. The van der Waals surface area contributed by atoms with Gasteiger partial charge in [-0.3, -0.25) is 0 Å². The molecular formula is C15H23ClN2O3. The second kappa shape index (κ2) is 8.10. The molecule has 0 fully saturated rings. The highest BCUT2D eigenvalue weighted by Gasteiger charge is 2.19. The van der Waals surface area contributed by atoms with Crippen molar-refractivity contribution in [3.8, 4) is 0 Å². The third kappa shape index (κ3) is 5.10. The molecule has 6 heteroatoms. The summed E-state index contributed by atoms with van der Waals surface area (Å²) in [4.78, 5) is 13.9. The summed E-state index contributed by atoms with van der Waals surface area (Å²) in [5.41, 5.74) is 7.17. The first kappa shape index (κ1) is 17.6. The monoisotopic (exact) mass is 314 g/mol. The van der Waals surface area contributed by atoms with Crippen molar-refractivity contribution < 1.29 is 14.3 Å². The maximum atomic E-state index is 12.1. The number of nitrogen functional groups attached to an aromatic ring is 1. The molecule has 0 bridgehead atoms. The molecule has 0 aromatic heterocycles. The Labute approximate surface area is 131 Å². The van der Waals surface area contributed by atoms with Crippen molar-refractivity contribution in [1.29, 1.82) is 0 Å². The van der Waals surface area contributed by atoms with Gasteiger partial charge in [-0.15, -0.1) is 0 Å². The average molecular weight is 315 g/mol. The Kier molecular flexibility index (Phi) is 6.78. The summed E-state index contributed by atoms with van der Waals surface area (Å²) >= 11 is 6.24. The second-order valence-electron chi connectivity index (χ2n) is 4.96. The Hall–Kier alpha value is -1.46. The van der Waals surface area contributed by atoms with Gasteiger partial charge in [0.15, 0.2) is 0 Å². The minimum Gasteiger partial charge on any atom is -0.462 e. The number of hydrogen-bond acceptors (Lipinski definition) is 5. The van der Waals surface area contributed by atoms with Crippen LogP contribution in [0.2, 0.25) is 5.02 Å². The second-order valence-corrected chi connectivity index (χ2v) is 5.37. The third-order valence-corrected chi connectivity index (χ3v) is 3.13. The van der Waals surface area contributed by atoms with Gasteiger partial charge < -0.3 is 20.1 Å². The van der Waals surface area contributed by atoms with Gasteiger partial charge in [-0.1, -0.05) is 11.6 Å². The highest BCUT2D eigenvalue weighted by Crippen LogP contribution is 2.32. The van der Waals surface area contributed by atoms with Crippen LogP contribution in [0.5, 0.6) is 0 Å².